The second kappa shape index (κ2) is 9.43. The summed E-state index contributed by atoms with van der Waals surface area (Å²) in [5, 5.41) is 2.55. The molecule has 2 saturated heterocycles. The molecule has 0 radical (unpaired) electrons. The molecule has 4 aliphatic rings. The van der Waals surface area contributed by atoms with Crippen LogP contribution in [0.25, 0.3) is 0 Å². The second-order valence-corrected chi connectivity index (χ2v) is 9.67. The topological polar surface area (TPSA) is 80.6 Å². The molecule has 1 atom stereocenters. The monoisotopic (exact) mass is 485 g/mol. The summed E-state index contributed by atoms with van der Waals surface area (Å²) in [4.78, 5) is 41.9. The van der Waals surface area contributed by atoms with Gasteiger partial charge in [0.15, 0.2) is 11.4 Å². The summed E-state index contributed by atoms with van der Waals surface area (Å²) in [6.07, 6.45) is 7.07. The van der Waals surface area contributed by atoms with E-state index in [1.54, 1.807) is 4.57 Å². The summed E-state index contributed by atoms with van der Waals surface area (Å²) < 4.78 is 34.7. The van der Waals surface area contributed by atoms with Gasteiger partial charge in [0.1, 0.15) is 17.2 Å². The van der Waals surface area contributed by atoms with Crippen molar-refractivity contribution in [1.29, 1.82) is 0 Å². The largest absolute Gasteiger partial charge is 0.487 e. The van der Waals surface area contributed by atoms with Gasteiger partial charge in [0.2, 0.25) is 5.43 Å². The Morgan fingerprint density at radius 3 is 2.66 bits per heavy atom. The average Bonchev–Trinajstić information content (AvgIpc) is 2.85. The number of hydrogen-bond donors (Lipinski definition) is 1. The number of nitrogens with zero attached hydrogens (tertiary/aromatic N) is 2. The SMILES string of the molecule is CCCCOc1c2n(cc(C(=O)NCc3ccc(F)cc3F)c1=O)C[C@@H]1C3CCC(CC3)N1C2=O. The zero-order chi connectivity index (χ0) is 24.7. The van der Waals surface area contributed by atoms with Crippen LogP contribution >= 0.6 is 0 Å². The van der Waals surface area contributed by atoms with Gasteiger partial charge in [-0.15, -0.1) is 0 Å². The molecule has 186 valence electrons. The van der Waals surface area contributed by atoms with Gasteiger partial charge in [-0.05, 0) is 44.1 Å². The van der Waals surface area contributed by atoms with Crippen LogP contribution in [0, 0.1) is 17.6 Å². The van der Waals surface area contributed by atoms with E-state index in [-0.39, 0.29) is 53.7 Å². The van der Waals surface area contributed by atoms with Gasteiger partial charge in [-0.2, -0.15) is 0 Å². The number of amides is 2. The molecule has 4 heterocycles. The first-order valence-corrected chi connectivity index (χ1v) is 12.3. The predicted octanol–water partition coefficient (Wildman–Crippen LogP) is 3.63. The molecule has 6 rings (SSSR count). The number of benzene rings is 1. The number of nitrogens with one attached hydrogen (secondary N) is 1. The first-order valence-electron chi connectivity index (χ1n) is 12.3. The number of halogens is 2. The molecule has 2 aromatic rings. The molecule has 1 aromatic carbocycles. The maximum Gasteiger partial charge on any atom is 0.275 e. The fourth-order valence-electron chi connectivity index (χ4n) is 5.69. The van der Waals surface area contributed by atoms with Crippen molar-refractivity contribution in [3.63, 3.8) is 0 Å². The Bertz CT molecular complexity index is 1220. The van der Waals surface area contributed by atoms with Crippen LogP contribution in [0.15, 0.2) is 29.2 Å². The Morgan fingerprint density at radius 2 is 1.94 bits per heavy atom. The van der Waals surface area contributed by atoms with E-state index in [1.807, 2.05) is 11.8 Å². The van der Waals surface area contributed by atoms with Crippen LogP contribution in [0.1, 0.15) is 71.9 Å². The minimum atomic E-state index is -0.783. The van der Waals surface area contributed by atoms with E-state index in [1.165, 1.54) is 12.3 Å². The Morgan fingerprint density at radius 1 is 1.17 bits per heavy atom. The van der Waals surface area contributed by atoms with Crippen molar-refractivity contribution in [2.75, 3.05) is 6.61 Å². The Labute approximate surface area is 202 Å². The van der Waals surface area contributed by atoms with Crippen LogP contribution in [-0.4, -0.2) is 40.0 Å². The van der Waals surface area contributed by atoms with Crippen LogP contribution < -0.4 is 15.5 Å². The third kappa shape index (κ3) is 4.21. The number of carbonyl (C=O) groups excluding carboxylic acids is 2. The van der Waals surface area contributed by atoms with Gasteiger partial charge in [-0.25, -0.2) is 8.78 Å². The predicted molar refractivity (Wildman–Crippen MR) is 124 cm³/mol. The third-order valence-electron chi connectivity index (χ3n) is 7.54. The molecule has 2 amide bonds. The van der Waals surface area contributed by atoms with Crippen LogP contribution in [0.2, 0.25) is 0 Å². The molecule has 1 saturated carbocycles. The van der Waals surface area contributed by atoms with E-state index in [4.69, 9.17) is 4.74 Å². The van der Waals surface area contributed by atoms with Gasteiger partial charge in [0, 0.05) is 37.0 Å². The van der Waals surface area contributed by atoms with Gasteiger partial charge in [0.05, 0.1) is 12.6 Å². The number of ether oxygens (including phenoxy) is 1. The van der Waals surface area contributed by atoms with Crippen LogP contribution in [0.3, 0.4) is 0 Å². The lowest BCUT2D eigenvalue weighted by molar-refractivity contribution is -0.0182. The molecular formula is C26H29F2N3O4. The van der Waals surface area contributed by atoms with Crippen molar-refractivity contribution in [1.82, 2.24) is 14.8 Å². The van der Waals surface area contributed by atoms with Gasteiger partial charge >= 0.3 is 0 Å². The lowest BCUT2D eigenvalue weighted by atomic mass is 9.73. The quantitative estimate of drug-likeness (QED) is 0.608. The summed E-state index contributed by atoms with van der Waals surface area (Å²) in [7, 11) is 0. The number of aromatic nitrogens is 1. The highest BCUT2D eigenvalue weighted by Crippen LogP contribution is 2.43. The Kier molecular flexibility index (Phi) is 6.34. The fourth-order valence-corrected chi connectivity index (χ4v) is 5.69. The Balaban J connectivity index is 1.49. The highest BCUT2D eigenvalue weighted by atomic mass is 19.1. The van der Waals surface area contributed by atoms with Crippen LogP contribution in [0.5, 0.6) is 5.75 Å². The number of carbonyl (C=O) groups is 2. The molecule has 2 bridgehead atoms. The first-order chi connectivity index (χ1) is 16.9. The molecule has 7 nitrogen and oxygen atoms in total. The molecule has 0 spiro atoms. The van der Waals surface area contributed by atoms with E-state index in [9.17, 15) is 23.2 Å². The van der Waals surface area contributed by atoms with Crippen molar-refractivity contribution in [2.45, 2.75) is 70.6 Å². The summed E-state index contributed by atoms with van der Waals surface area (Å²) in [5.41, 5.74) is -0.513. The molecule has 9 heteroatoms. The summed E-state index contributed by atoms with van der Waals surface area (Å²) >= 11 is 0. The van der Waals surface area contributed by atoms with Gasteiger partial charge < -0.3 is 19.5 Å². The lowest BCUT2D eigenvalue weighted by Gasteiger charge is -2.54. The Hall–Kier alpha value is -3.23. The zero-order valence-electron chi connectivity index (χ0n) is 19.7. The van der Waals surface area contributed by atoms with Crippen molar-refractivity contribution >= 4 is 11.8 Å². The van der Waals surface area contributed by atoms with Crippen LogP contribution in [-0.2, 0) is 13.1 Å². The maximum absolute atomic E-state index is 14.0. The number of pyridine rings is 1. The molecule has 1 N–H and O–H groups in total. The van der Waals surface area contributed by atoms with E-state index in [2.05, 4.69) is 5.32 Å². The number of rotatable bonds is 7. The summed E-state index contributed by atoms with van der Waals surface area (Å²) in [6, 6.07) is 3.31. The van der Waals surface area contributed by atoms with Gasteiger partial charge in [-0.1, -0.05) is 19.4 Å². The first kappa shape index (κ1) is 23.5. The van der Waals surface area contributed by atoms with Crippen molar-refractivity contribution < 1.29 is 23.1 Å². The van der Waals surface area contributed by atoms with Crippen molar-refractivity contribution in [3.8, 4) is 5.75 Å². The van der Waals surface area contributed by atoms with Gasteiger partial charge in [-0.3, -0.25) is 14.4 Å². The molecule has 3 fully saturated rings. The number of unbranched alkanes of at least 4 members (excludes halogenated alkanes) is 1. The smallest absolute Gasteiger partial charge is 0.275 e. The van der Waals surface area contributed by atoms with Crippen LogP contribution in [0.4, 0.5) is 8.78 Å². The highest BCUT2D eigenvalue weighted by molar-refractivity contribution is 5.99. The molecule has 0 unspecified atom stereocenters. The number of piperidine rings is 2. The molecule has 3 aliphatic heterocycles. The minimum absolute atomic E-state index is 0.0396. The standard InChI is InChI=1S/C26H29F2N3O4/c1-2-3-10-35-24-22-26(34)31-18-8-5-15(6-9-18)21(31)14-30(22)13-19(23(24)32)25(33)29-12-16-4-7-17(27)11-20(16)28/h4,7,11,13,15,18,21H,2-3,5-6,8-10,12,14H2,1H3,(H,29,33)/t15?,18?,21-/m1/s1. The number of fused-ring (bicyclic) bond motifs is 3. The second-order valence-electron chi connectivity index (χ2n) is 9.67. The number of hydrogen-bond acceptors (Lipinski definition) is 4. The van der Waals surface area contributed by atoms with Crippen molar-refractivity contribution in [3.05, 3.63) is 63.1 Å². The van der Waals surface area contributed by atoms with E-state index >= 15 is 0 Å². The lowest BCUT2D eigenvalue weighted by Crippen LogP contribution is -2.62. The summed E-state index contributed by atoms with van der Waals surface area (Å²) in [6.45, 7) is 2.54. The average molecular weight is 486 g/mol. The normalized spacial score (nSPS) is 22.5. The minimum Gasteiger partial charge on any atom is -0.487 e. The molecule has 1 aromatic heterocycles. The van der Waals surface area contributed by atoms with Gasteiger partial charge in [0.25, 0.3) is 11.8 Å². The summed E-state index contributed by atoms with van der Waals surface area (Å²) in [5.74, 6) is -2.10. The van der Waals surface area contributed by atoms with E-state index < -0.39 is 23.0 Å². The molecule has 1 aliphatic carbocycles. The van der Waals surface area contributed by atoms with E-state index in [0.29, 0.717) is 18.9 Å². The maximum atomic E-state index is 14.0. The third-order valence-corrected chi connectivity index (χ3v) is 7.54. The van der Waals surface area contributed by atoms with Crippen molar-refractivity contribution in [2.24, 2.45) is 5.92 Å². The molecule has 35 heavy (non-hydrogen) atoms. The zero-order valence-corrected chi connectivity index (χ0v) is 19.7. The highest BCUT2D eigenvalue weighted by Gasteiger charge is 2.48. The molecular weight excluding hydrogens is 456 g/mol. The fraction of sp³-hybridized carbons (Fsp3) is 0.500. The van der Waals surface area contributed by atoms with E-state index in [0.717, 1.165) is 44.2 Å².